The first-order valence-corrected chi connectivity index (χ1v) is 9.07. The molecule has 8 nitrogen and oxygen atoms in total. The van der Waals surface area contributed by atoms with Crippen LogP contribution in [0.25, 0.3) is 0 Å². The normalized spacial score (nSPS) is 15.6. The number of amides is 1. The van der Waals surface area contributed by atoms with Crippen molar-refractivity contribution in [3.63, 3.8) is 0 Å². The van der Waals surface area contributed by atoms with Gasteiger partial charge in [0.25, 0.3) is 0 Å². The Morgan fingerprint density at radius 2 is 2.07 bits per heavy atom. The number of pyridine rings is 1. The van der Waals surface area contributed by atoms with Crippen LogP contribution in [-0.2, 0) is 30.7 Å². The van der Waals surface area contributed by atoms with E-state index < -0.39 is 13.1 Å². The van der Waals surface area contributed by atoms with E-state index in [1.165, 1.54) is 6.92 Å². The summed E-state index contributed by atoms with van der Waals surface area (Å²) in [5.41, 5.74) is 14.6. The molecule has 0 spiro atoms. The second kappa shape index (κ2) is 8.51. The molecular formula is C19H23BN4O4. The largest absolute Gasteiger partial charge is 0.547 e. The number of fused-ring (bicyclic) bond motifs is 1. The van der Waals surface area contributed by atoms with E-state index in [1.807, 2.05) is 12.1 Å². The summed E-state index contributed by atoms with van der Waals surface area (Å²) in [6.07, 6.45) is 0.401. The number of rotatable bonds is 6. The molecule has 0 bridgehead atoms. The third kappa shape index (κ3) is 4.22. The first-order valence-electron chi connectivity index (χ1n) is 9.07. The number of nitrogens with zero attached hydrogens (tertiary/aromatic N) is 1. The van der Waals surface area contributed by atoms with Crippen molar-refractivity contribution in [2.45, 2.75) is 38.8 Å². The lowest BCUT2D eigenvalue weighted by molar-refractivity contribution is -0.120. The van der Waals surface area contributed by atoms with E-state index in [0.717, 1.165) is 11.1 Å². The van der Waals surface area contributed by atoms with Gasteiger partial charge in [-0.2, -0.15) is 0 Å². The van der Waals surface area contributed by atoms with E-state index in [1.54, 1.807) is 18.2 Å². The van der Waals surface area contributed by atoms with Crippen molar-refractivity contribution in [3.05, 3.63) is 58.4 Å². The minimum absolute atomic E-state index is 0.0431. The summed E-state index contributed by atoms with van der Waals surface area (Å²) in [5.74, 6) is -0.692. The van der Waals surface area contributed by atoms with Crippen LogP contribution < -0.4 is 21.4 Å². The van der Waals surface area contributed by atoms with E-state index in [0.29, 0.717) is 35.7 Å². The van der Waals surface area contributed by atoms with E-state index in [-0.39, 0.29) is 24.7 Å². The summed E-state index contributed by atoms with van der Waals surface area (Å²) in [6.45, 7) is 2.02. The molecule has 0 saturated carbocycles. The van der Waals surface area contributed by atoms with Crippen molar-refractivity contribution in [3.8, 4) is 5.75 Å². The molecule has 0 unspecified atom stereocenters. The van der Waals surface area contributed by atoms with Crippen molar-refractivity contribution in [2.75, 3.05) is 0 Å². The standard InChI is InChI=1S/C19H23BN4O4/c1-11(25)15-4-2-3-12-7-17(20(27)28-19(12)15)24-18(26)8-14-6-5-13(9-21)16(10-22)23-14/h2-6,17,27H,7-10,21-22H2,1H3,(H,24,26)/t17-/m0/s1. The number of ketones is 1. The van der Waals surface area contributed by atoms with Crippen LogP contribution in [0.2, 0.25) is 0 Å². The van der Waals surface area contributed by atoms with E-state index in [2.05, 4.69) is 10.3 Å². The molecule has 0 aliphatic carbocycles. The Kier molecular flexibility index (Phi) is 6.08. The second-order valence-electron chi connectivity index (χ2n) is 6.73. The quantitative estimate of drug-likeness (QED) is 0.403. The third-order valence-electron chi connectivity index (χ3n) is 4.73. The van der Waals surface area contributed by atoms with E-state index in [4.69, 9.17) is 16.1 Å². The maximum Gasteiger partial charge on any atom is 0.547 e. The van der Waals surface area contributed by atoms with Gasteiger partial charge in [-0.3, -0.25) is 14.6 Å². The number of hydrogen-bond donors (Lipinski definition) is 4. The van der Waals surface area contributed by atoms with Crippen molar-refractivity contribution >= 4 is 18.8 Å². The predicted octanol–water partition coefficient (Wildman–Crippen LogP) is -0.116. The first-order chi connectivity index (χ1) is 13.4. The fourth-order valence-electron chi connectivity index (χ4n) is 3.28. The van der Waals surface area contributed by atoms with Crippen molar-refractivity contribution in [1.82, 2.24) is 10.3 Å². The average Bonchev–Trinajstić information content (AvgIpc) is 2.67. The monoisotopic (exact) mass is 382 g/mol. The molecule has 1 aliphatic rings. The highest BCUT2D eigenvalue weighted by molar-refractivity contribution is 6.47. The van der Waals surface area contributed by atoms with Crippen LogP contribution in [0.4, 0.5) is 0 Å². The van der Waals surface area contributed by atoms with Gasteiger partial charge in [-0.25, -0.2) is 0 Å². The zero-order valence-corrected chi connectivity index (χ0v) is 15.6. The summed E-state index contributed by atoms with van der Waals surface area (Å²) in [4.78, 5) is 28.6. The van der Waals surface area contributed by atoms with Crippen LogP contribution in [0, 0.1) is 0 Å². The van der Waals surface area contributed by atoms with Gasteiger partial charge in [0.05, 0.1) is 29.3 Å². The second-order valence-corrected chi connectivity index (χ2v) is 6.73. The molecule has 1 amide bonds. The van der Waals surface area contributed by atoms with Crippen LogP contribution in [0.3, 0.4) is 0 Å². The van der Waals surface area contributed by atoms with Gasteiger partial charge in [0.2, 0.25) is 5.91 Å². The number of nitrogens with one attached hydrogen (secondary N) is 1. The van der Waals surface area contributed by atoms with Crippen LogP contribution >= 0.6 is 0 Å². The van der Waals surface area contributed by atoms with Gasteiger partial charge >= 0.3 is 7.12 Å². The summed E-state index contributed by atoms with van der Waals surface area (Å²) in [6, 6.07) is 8.78. The fourth-order valence-corrected chi connectivity index (χ4v) is 3.28. The Labute approximate surface area is 163 Å². The third-order valence-corrected chi connectivity index (χ3v) is 4.73. The number of hydrogen-bond acceptors (Lipinski definition) is 7. The van der Waals surface area contributed by atoms with Crippen LogP contribution in [0.15, 0.2) is 30.3 Å². The minimum atomic E-state index is -1.25. The highest BCUT2D eigenvalue weighted by atomic mass is 16.5. The Hall–Kier alpha value is -2.75. The summed E-state index contributed by atoms with van der Waals surface area (Å²) in [5, 5.41) is 13.1. The first kappa shape index (κ1) is 20.0. The zero-order valence-electron chi connectivity index (χ0n) is 15.6. The van der Waals surface area contributed by atoms with Gasteiger partial charge in [-0.15, -0.1) is 0 Å². The van der Waals surface area contributed by atoms with Crippen LogP contribution in [0.5, 0.6) is 5.75 Å². The molecule has 2 heterocycles. The summed E-state index contributed by atoms with van der Waals surface area (Å²) in [7, 11) is -1.25. The minimum Gasteiger partial charge on any atom is -0.534 e. The number of carbonyl (C=O) groups excluding carboxylic acids is 2. The van der Waals surface area contributed by atoms with Crippen LogP contribution in [0.1, 0.15) is 39.8 Å². The number of para-hydroxylation sites is 1. The number of nitrogens with two attached hydrogens (primary N) is 2. The summed E-state index contributed by atoms with van der Waals surface area (Å²) < 4.78 is 5.53. The van der Waals surface area contributed by atoms with Crippen LogP contribution in [-0.4, -0.2) is 34.8 Å². The predicted molar refractivity (Wildman–Crippen MR) is 104 cm³/mol. The highest BCUT2D eigenvalue weighted by Gasteiger charge is 2.37. The average molecular weight is 382 g/mol. The number of carbonyl (C=O) groups is 2. The fraction of sp³-hybridized carbons (Fsp3) is 0.316. The Balaban J connectivity index is 1.70. The van der Waals surface area contributed by atoms with Gasteiger partial charge in [0.1, 0.15) is 5.75 Å². The molecule has 1 aromatic heterocycles. The molecular weight excluding hydrogens is 359 g/mol. The number of Topliss-reactive ketones (excluding diaryl/α,β-unsaturated/α-hetero) is 1. The molecule has 0 saturated heterocycles. The Morgan fingerprint density at radius 1 is 1.29 bits per heavy atom. The van der Waals surface area contributed by atoms with Gasteiger partial charge < -0.3 is 26.5 Å². The summed E-state index contributed by atoms with van der Waals surface area (Å²) >= 11 is 0. The molecule has 28 heavy (non-hydrogen) atoms. The highest BCUT2D eigenvalue weighted by Crippen LogP contribution is 2.30. The van der Waals surface area contributed by atoms with E-state index in [9.17, 15) is 14.6 Å². The molecule has 0 radical (unpaired) electrons. The molecule has 1 aromatic carbocycles. The Bertz CT molecular complexity index is 905. The Morgan fingerprint density at radius 3 is 2.75 bits per heavy atom. The topological polar surface area (TPSA) is 141 Å². The maximum atomic E-state index is 12.4. The van der Waals surface area contributed by atoms with E-state index >= 15 is 0 Å². The SMILES string of the molecule is CC(=O)c1cccc2c1OB(O)[C@@H](NC(=O)Cc1ccc(CN)c(CN)n1)C2. The molecule has 3 rings (SSSR count). The molecule has 1 aliphatic heterocycles. The van der Waals surface area contributed by atoms with Crippen molar-refractivity contribution < 1.29 is 19.3 Å². The molecule has 1 atom stereocenters. The lowest BCUT2D eigenvalue weighted by Gasteiger charge is -2.29. The molecule has 9 heteroatoms. The van der Waals surface area contributed by atoms with Gasteiger partial charge in [0, 0.05) is 13.1 Å². The maximum absolute atomic E-state index is 12.4. The lowest BCUT2D eigenvalue weighted by Crippen LogP contribution is -2.53. The van der Waals surface area contributed by atoms with Crippen molar-refractivity contribution in [1.29, 1.82) is 0 Å². The lowest BCUT2D eigenvalue weighted by atomic mass is 9.72. The number of benzene rings is 1. The molecule has 0 fully saturated rings. The molecule has 146 valence electrons. The zero-order chi connectivity index (χ0) is 20.3. The van der Waals surface area contributed by atoms with Crippen molar-refractivity contribution in [2.24, 2.45) is 11.5 Å². The number of aromatic nitrogens is 1. The smallest absolute Gasteiger partial charge is 0.534 e. The molecule has 6 N–H and O–H groups in total. The van der Waals surface area contributed by atoms with Gasteiger partial charge in [-0.1, -0.05) is 18.2 Å². The van der Waals surface area contributed by atoms with Gasteiger partial charge in [-0.05, 0) is 36.6 Å². The molecule has 2 aromatic rings. The van der Waals surface area contributed by atoms with Gasteiger partial charge in [0.15, 0.2) is 5.78 Å².